The summed E-state index contributed by atoms with van der Waals surface area (Å²) in [5, 5.41) is 14.5. The third-order valence-electron chi connectivity index (χ3n) is 13.2. The smallest absolute Gasteiger partial charge is 0.411 e. The van der Waals surface area contributed by atoms with E-state index < -0.39 is 83.4 Å². The number of carbonyl (C=O) groups is 4. The monoisotopic (exact) mass is 852 g/mol. The van der Waals surface area contributed by atoms with Gasteiger partial charge in [-0.05, 0) is 85.2 Å². The summed E-state index contributed by atoms with van der Waals surface area (Å²) in [6, 6.07) is 2.65. The van der Waals surface area contributed by atoms with Crippen LogP contribution in [0.2, 0.25) is 0 Å². The number of amides is 1. The average Bonchev–Trinajstić information content (AvgIpc) is 3.84. The van der Waals surface area contributed by atoms with Crippen molar-refractivity contribution in [2.75, 3.05) is 40.1 Å². The number of likely N-dealkylation sites (N-methyl/N-ethyl adjacent to an activating group) is 1. The van der Waals surface area contributed by atoms with Crippen molar-refractivity contribution in [1.82, 2.24) is 24.3 Å². The highest BCUT2D eigenvalue weighted by Crippen LogP contribution is 2.44. The lowest BCUT2D eigenvalue weighted by molar-refractivity contribution is -0.295. The first kappa shape index (κ1) is 47.8. The number of rotatable bonds is 13. The molecule has 2 aromatic heterocycles. The quantitative estimate of drug-likeness (QED) is 0.117. The van der Waals surface area contributed by atoms with E-state index in [1.807, 2.05) is 55.9 Å². The Balaban J connectivity index is 1.44. The number of pyridine rings is 1. The van der Waals surface area contributed by atoms with Crippen LogP contribution in [0.3, 0.4) is 0 Å². The number of ether oxygens (including phenoxy) is 5. The highest BCUT2D eigenvalue weighted by atomic mass is 16.7. The zero-order chi connectivity index (χ0) is 45.0. The number of imidazole rings is 1. The van der Waals surface area contributed by atoms with Gasteiger partial charge in [0.2, 0.25) is 0 Å². The number of carbonyl (C=O) groups excluding carboxylic acids is 4. The van der Waals surface area contributed by atoms with Gasteiger partial charge in [-0.3, -0.25) is 19.3 Å². The van der Waals surface area contributed by atoms with Gasteiger partial charge in [0.15, 0.2) is 17.7 Å². The molecule has 5 rings (SSSR count). The molecule has 0 radical (unpaired) electrons. The molecule has 3 saturated heterocycles. The number of ketones is 2. The van der Waals surface area contributed by atoms with E-state index in [0.717, 1.165) is 17.1 Å². The molecule has 16 nitrogen and oxygen atoms in total. The van der Waals surface area contributed by atoms with Crippen LogP contribution in [-0.2, 0) is 44.6 Å². The Bertz CT molecular complexity index is 1860. The first-order valence-corrected chi connectivity index (χ1v) is 21.6. The van der Waals surface area contributed by atoms with Gasteiger partial charge >= 0.3 is 12.1 Å². The second kappa shape index (κ2) is 19.9. The minimum Gasteiger partial charge on any atom is -0.457 e. The van der Waals surface area contributed by atoms with Crippen molar-refractivity contribution in [3.05, 3.63) is 43.5 Å². The maximum Gasteiger partial charge on any atom is 0.411 e. The van der Waals surface area contributed by atoms with Crippen molar-refractivity contribution >= 4 is 29.4 Å². The summed E-state index contributed by atoms with van der Waals surface area (Å²) in [7, 11) is 7.03. The number of methoxy groups -OCH3 is 1. The Morgan fingerprint density at radius 1 is 1.05 bits per heavy atom. The van der Waals surface area contributed by atoms with E-state index in [4.69, 9.17) is 23.7 Å². The SMILES string of the molecule is C=C[C@]12OC(=O)N(CCCCn3cnc(-c4ccc(NC)nc4)c3)[C@@H]1[C@@H](C)C(=O)[C@H](C)C[C@](C)(OC)[C@H](OC1O[C@H](C)C[C@H](N(C)C)[C@H]1O)[C@@H](C)C(=O)[C@@H](C)C(=O)O[C@@H]2CC. The molecule has 1 amide bonds. The number of hydrogen-bond donors (Lipinski definition) is 2. The molecule has 13 atom stereocenters. The number of nitrogens with zero attached hydrogens (tertiary/aromatic N) is 5. The molecule has 3 aliphatic heterocycles. The maximum absolute atomic E-state index is 14.8. The van der Waals surface area contributed by atoms with Gasteiger partial charge < -0.3 is 43.6 Å². The number of esters is 1. The minimum absolute atomic E-state index is 0.103. The number of anilines is 1. The Labute approximate surface area is 360 Å². The van der Waals surface area contributed by atoms with Crippen LogP contribution in [0.25, 0.3) is 11.3 Å². The molecule has 2 aromatic rings. The van der Waals surface area contributed by atoms with Gasteiger partial charge in [-0.15, -0.1) is 0 Å². The van der Waals surface area contributed by atoms with Crippen LogP contribution in [0.15, 0.2) is 43.5 Å². The summed E-state index contributed by atoms with van der Waals surface area (Å²) in [6.45, 7) is 17.1. The molecule has 3 aliphatic rings. The van der Waals surface area contributed by atoms with Gasteiger partial charge in [0, 0.05) is 69.0 Å². The minimum atomic E-state index is -1.60. The molecule has 2 N–H and O–H groups in total. The van der Waals surface area contributed by atoms with Crippen molar-refractivity contribution in [3.63, 3.8) is 0 Å². The van der Waals surface area contributed by atoms with Crippen LogP contribution in [0.5, 0.6) is 0 Å². The second-order valence-electron chi connectivity index (χ2n) is 17.6. The highest BCUT2D eigenvalue weighted by molar-refractivity contribution is 6.00. The Morgan fingerprint density at radius 2 is 1.75 bits per heavy atom. The largest absolute Gasteiger partial charge is 0.457 e. The van der Waals surface area contributed by atoms with Crippen LogP contribution in [0, 0.1) is 23.7 Å². The number of nitrogens with one attached hydrogen (secondary N) is 1. The number of aliphatic hydroxyl groups excluding tert-OH is 1. The second-order valence-corrected chi connectivity index (χ2v) is 17.6. The number of fused-ring (bicyclic) bond motifs is 1. The van der Waals surface area contributed by atoms with Crippen molar-refractivity contribution in [2.45, 2.75) is 141 Å². The summed E-state index contributed by atoms with van der Waals surface area (Å²) in [6.07, 6.45) is 3.80. The van der Waals surface area contributed by atoms with E-state index in [2.05, 4.69) is 21.9 Å². The summed E-state index contributed by atoms with van der Waals surface area (Å²) in [4.78, 5) is 69.7. The van der Waals surface area contributed by atoms with Gasteiger partial charge in [0.25, 0.3) is 0 Å². The number of hydrogen-bond acceptors (Lipinski definition) is 14. The molecule has 0 saturated carbocycles. The molecule has 0 spiro atoms. The third-order valence-corrected chi connectivity index (χ3v) is 13.2. The fourth-order valence-electron chi connectivity index (χ4n) is 9.58. The number of aryl methyl sites for hydroxylation is 1. The number of Topliss-reactive ketones (excluding diaryl/α,β-unsaturated/α-hetero) is 2. The van der Waals surface area contributed by atoms with Gasteiger partial charge in [0.05, 0.1) is 35.9 Å². The highest BCUT2D eigenvalue weighted by Gasteiger charge is 2.61. The zero-order valence-electron chi connectivity index (χ0n) is 37.8. The molecule has 1 unspecified atom stereocenters. The molecule has 0 aliphatic carbocycles. The van der Waals surface area contributed by atoms with E-state index in [0.29, 0.717) is 25.8 Å². The van der Waals surface area contributed by atoms with E-state index in [-0.39, 0.29) is 37.3 Å². The van der Waals surface area contributed by atoms with E-state index in [1.54, 1.807) is 52.0 Å². The molecule has 3 fully saturated rings. The summed E-state index contributed by atoms with van der Waals surface area (Å²) < 4.78 is 33.3. The summed E-state index contributed by atoms with van der Waals surface area (Å²) in [5.74, 6) is -4.46. The number of cyclic esters (lactones) is 1. The van der Waals surface area contributed by atoms with Crippen LogP contribution < -0.4 is 5.32 Å². The fourth-order valence-corrected chi connectivity index (χ4v) is 9.58. The summed E-state index contributed by atoms with van der Waals surface area (Å²) in [5.41, 5.74) is -1.22. The number of aromatic nitrogens is 3. The average molecular weight is 853 g/mol. The number of unbranched alkanes of at least 4 members (excludes halogenated alkanes) is 1. The van der Waals surface area contributed by atoms with E-state index in [9.17, 15) is 24.3 Å². The number of aliphatic hydroxyl groups is 1. The Morgan fingerprint density at radius 3 is 2.36 bits per heavy atom. The van der Waals surface area contributed by atoms with Crippen LogP contribution in [-0.4, -0.2) is 142 Å². The van der Waals surface area contributed by atoms with Crippen LogP contribution >= 0.6 is 0 Å². The van der Waals surface area contributed by atoms with Gasteiger partial charge in [-0.2, -0.15) is 0 Å². The van der Waals surface area contributed by atoms with E-state index >= 15 is 0 Å². The molecule has 5 heterocycles. The summed E-state index contributed by atoms with van der Waals surface area (Å²) >= 11 is 0. The van der Waals surface area contributed by atoms with Crippen molar-refractivity contribution in [3.8, 4) is 11.3 Å². The lowest BCUT2D eigenvalue weighted by Gasteiger charge is -2.47. The molecular weight excluding hydrogens is 785 g/mol. The predicted molar refractivity (Wildman–Crippen MR) is 228 cm³/mol. The van der Waals surface area contributed by atoms with Gasteiger partial charge in [0.1, 0.15) is 29.7 Å². The first-order chi connectivity index (χ1) is 28.9. The predicted octanol–water partition coefficient (Wildman–Crippen LogP) is 5.14. The van der Waals surface area contributed by atoms with Crippen LogP contribution in [0.4, 0.5) is 10.6 Å². The standard InChI is InChI=1S/C45H68N6O10/c1-13-34-45(14-2)39(51(43(56)61-45)20-16-15-19-50-24-32(48-25-50)31-17-18-35(46-9)47-23-31)28(5)36(52)26(3)22-44(8,57-12)40(29(6)37(53)30(7)41(55)59-34)60-42-38(54)33(49(10)11)21-27(4)58-42/h14,17-18,23-30,33-34,38-40,42,54H,2,13,15-16,19-22H2,1,3-12H3,(H,46,47)/t26-,27-,28+,29+,30-,33+,34-,38-,39-,40-,42?,44+,45-/m1/s1. The van der Waals surface area contributed by atoms with Crippen LogP contribution in [0.1, 0.15) is 80.6 Å². The Hall–Kier alpha value is -4.22. The molecule has 338 valence electrons. The van der Waals surface area contributed by atoms with Gasteiger partial charge in [-0.25, -0.2) is 14.8 Å². The molecule has 16 heteroatoms. The lowest BCUT2D eigenvalue weighted by Crippen LogP contribution is -2.60. The third kappa shape index (κ3) is 9.88. The molecule has 61 heavy (non-hydrogen) atoms. The van der Waals surface area contributed by atoms with Crippen molar-refractivity contribution in [1.29, 1.82) is 0 Å². The molecule has 0 aromatic carbocycles. The normalized spacial score (nSPS) is 35.4. The van der Waals surface area contributed by atoms with E-state index in [1.165, 1.54) is 20.1 Å². The lowest BCUT2D eigenvalue weighted by atomic mass is 9.72. The fraction of sp³-hybridized carbons (Fsp3) is 0.689. The first-order valence-electron chi connectivity index (χ1n) is 21.6. The van der Waals surface area contributed by atoms with Gasteiger partial charge in [-0.1, -0.05) is 34.3 Å². The Kier molecular flexibility index (Phi) is 15.6. The zero-order valence-corrected chi connectivity index (χ0v) is 37.8. The topological polar surface area (TPSA) is 184 Å². The van der Waals surface area contributed by atoms with Crippen molar-refractivity contribution < 1.29 is 48.0 Å². The van der Waals surface area contributed by atoms with Crippen molar-refractivity contribution in [2.24, 2.45) is 23.7 Å². The maximum atomic E-state index is 14.8. The molecular formula is C45H68N6O10. The molecule has 0 bridgehead atoms.